The molecule has 2 aromatic rings. The molecule has 0 saturated heterocycles. The van der Waals surface area contributed by atoms with Gasteiger partial charge in [0, 0.05) is 30.8 Å². The van der Waals surface area contributed by atoms with Gasteiger partial charge in [0.2, 0.25) is 5.43 Å². The molecule has 2 nitrogen and oxygen atoms in total. The number of aryl methyl sites for hydroxylation is 1. The molecule has 0 aliphatic rings. The fraction of sp³-hybridized carbons (Fsp3) is 0.353. The van der Waals surface area contributed by atoms with E-state index in [1.807, 2.05) is 13.8 Å². The largest absolute Gasteiger partial charge is 0.416 e. The number of pyridine rings is 1. The van der Waals surface area contributed by atoms with Crippen LogP contribution in [0.1, 0.15) is 19.4 Å². The molecular formula is C17H18F3NOS. The first-order valence-electron chi connectivity index (χ1n) is 7.19. The minimum atomic E-state index is -4.43. The lowest BCUT2D eigenvalue weighted by Crippen LogP contribution is -2.12. The van der Waals surface area contributed by atoms with E-state index in [4.69, 9.17) is 0 Å². The van der Waals surface area contributed by atoms with Crippen LogP contribution in [0.2, 0.25) is 0 Å². The maximum atomic E-state index is 12.9. The first-order valence-corrected chi connectivity index (χ1v) is 8.17. The van der Waals surface area contributed by atoms with Gasteiger partial charge < -0.3 is 4.57 Å². The summed E-state index contributed by atoms with van der Waals surface area (Å²) in [6.07, 6.45) is -1.14. The monoisotopic (exact) mass is 341 g/mol. The Morgan fingerprint density at radius 2 is 1.91 bits per heavy atom. The summed E-state index contributed by atoms with van der Waals surface area (Å²) in [4.78, 5) is 13.1. The van der Waals surface area contributed by atoms with E-state index >= 15 is 0 Å². The minimum absolute atomic E-state index is 0.229. The van der Waals surface area contributed by atoms with Crippen molar-refractivity contribution < 1.29 is 13.2 Å². The third-order valence-electron chi connectivity index (χ3n) is 3.20. The molecule has 0 amide bonds. The van der Waals surface area contributed by atoms with Crippen LogP contribution in [0.5, 0.6) is 0 Å². The van der Waals surface area contributed by atoms with Crippen molar-refractivity contribution in [2.45, 2.75) is 24.9 Å². The van der Waals surface area contributed by atoms with Crippen molar-refractivity contribution in [1.82, 2.24) is 4.57 Å². The first-order chi connectivity index (χ1) is 10.7. The van der Waals surface area contributed by atoms with Crippen LogP contribution >= 0.6 is 11.8 Å². The summed E-state index contributed by atoms with van der Waals surface area (Å²) in [5.74, 6) is 1.20. The van der Waals surface area contributed by atoms with Crippen LogP contribution in [0.15, 0.2) is 46.3 Å². The van der Waals surface area contributed by atoms with E-state index in [-0.39, 0.29) is 16.6 Å². The standard InChI is InChI=1S/C17H18F3NOS/c1-11(2)10-23-15-9-21(3)8-14(16(15)22)12-5-4-6-13(7-12)17(18,19)20/h4-9,11H,10H2,1-3H3. The summed E-state index contributed by atoms with van der Waals surface area (Å²) < 4.78 is 40.3. The van der Waals surface area contributed by atoms with Gasteiger partial charge in [0.25, 0.3) is 0 Å². The molecule has 0 saturated carbocycles. The number of hydrogen-bond acceptors (Lipinski definition) is 2. The minimum Gasteiger partial charge on any atom is -0.355 e. The van der Waals surface area contributed by atoms with Crippen LogP contribution in [-0.4, -0.2) is 10.3 Å². The van der Waals surface area contributed by atoms with Crippen LogP contribution in [0.25, 0.3) is 11.1 Å². The Balaban J connectivity index is 2.50. The van der Waals surface area contributed by atoms with E-state index in [1.54, 1.807) is 24.0 Å². The second-order valence-corrected chi connectivity index (χ2v) is 6.88. The third-order valence-corrected chi connectivity index (χ3v) is 4.63. The molecular weight excluding hydrogens is 323 g/mol. The zero-order chi connectivity index (χ0) is 17.2. The van der Waals surface area contributed by atoms with Crippen molar-refractivity contribution in [2.75, 3.05) is 5.75 Å². The highest BCUT2D eigenvalue weighted by Gasteiger charge is 2.30. The molecule has 0 bridgehead atoms. The van der Waals surface area contributed by atoms with Crippen molar-refractivity contribution in [3.8, 4) is 11.1 Å². The number of thioether (sulfide) groups is 1. The van der Waals surface area contributed by atoms with Gasteiger partial charge in [0.05, 0.1) is 10.5 Å². The van der Waals surface area contributed by atoms with Crippen LogP contribution in [0.3, 0.4) is 0 Å². The summed E-state index contributed by atoms with van der Waals surface area (Å²) in [6, 6.07) is 4.88. The highest BCUT2D eigenvalue weighted by atomic mass is 32.2. The molecule has 1 aromatic carbocycles. The fourth-order valence-corrected chi connectivity index (χ4v) is 3.10. The average molecular weight is 341 g/mol. The molecule has 0 aliphatic heterocycles. The normalized spacial score (nSPS) is 12.0. The van der Waals surface area contributed by atoms with Crippen LogP contribution in [0.4, 0.5) is 13.2 Å². The summed E-state index contributed by atoms with van der Waals surface area (Å²) in [7, 11) is 1.76. The molecule has 124 valence electrons. The fourth-order valence-electron chi connectivity index (χ4n) is 2.10. The van der Waals surface area contributed by atoms with E-state index < -0.39 is 11.7 Å². The molecule has 2 rings (SSSR count). The number of aromatic nitrogens is 1. The number of alkyl halides is 3. The van der Waals surface area contributed by atoms with Gasteiger partial charge in [0.15, 0.2) is 0 Å². The van der Waals surface area contributed by atoms with E-state index in [1.165, 1.54) is 23.9 Å². The number of nitrogens with zero attached hydrogens (tertiary/aromatic N) is 1. The van der Waals surface area contributed by atoms with Crippen molar-refractivity contribution >= 4 is 11.8 Å². The molecule has 0 N–H and O–H groups in total. The number of halogens is 3. The van der Waals surface area contributed by atoms with Crippen LogP contribution < -0.4 is 5.43 Å². The Morgan fingerprint density at radius 3 is 2.52 bits per heavy atom. The van der Waals surface area contributed by atoms with Gasteiger partial charge in [-0.2, -0.15) is 13.2 Å². The summed E-state index contributed by atoms with van der Waals surface area (Å²) in [6.45, 7) is 4.10. The molecule has 1 heterocycles. The summed E-state index contributed by atoms with van der Waals surface area (Å²) in [5, 5.41) is 0. The highest BCUT2D eigenvalue weighted by molar-refractivity contribution is 7.99. The maximum absolute atomic E-state index is 12.9. The van der Waals surface area contributed by atoms with Gasteiger partial charge in [-0.15, -0.1) is 11.8 Å². The first kappa shape index (κ1) is 17.7. The molecule has 6 heteroatoms. The zero-order valence-electron chi connectivity index (χ0n) is 13.1. The second-order valence-electron chi connectivity index (χ2n) is 5.81. The molecule has 0 unspecified atom stereocenters. The number of rotatable bonds is 4. The molecule has 0 atom stereocenters. The summed E-state index contributed by atoms with van der Waals surface area (Å²) in [5.41, 5.74) is -0.412. The van der Waals surface area contributed by atoms with E-state index in [0.717, 1.165) is 17.9 Å². The Hall–Kier alpha value is -1.69. The van der Waals surface area contributed by atoms with Gasteiger partial charge in [-0.1, -0.05) is 26.0 Å². The summed E-state index contributed by atoms with van der Waals surface area (Å²) >= 11 is 1.43. The van der Waals surface area contributed by atoms with Gasteiger partial charge in [0.1, 0.15) is 0 Å². The lowest BCUT2D eigenvalue weighted by Gasteiger charge is -2.11. The molecule has 0 aliphatic carbocycles. The van der Waals surface area contributed by atoms with E-state index in [9.17, 15) is 18.0 Å². The predicted octanol–water partition coefficient (Wildman–Crippen LogP) is 4.82. The lowest BCUT2D eigenvalue weighted by molar-refractivity contribution is -0.137. The van der Waals surface area contributed by atoms with E-state index in [0.29, 0.717) is 10.8 Å². The smallest absolute Gasteiger partial charge is 0.355 e. The Morgan fingerprint density at radius 1 is 1.22 bits per heavy atom. The quantitative estimate of drug-likeness (QED) is 0.744. The molecule has 0 fully saturated rings. The lowest BCUT2D eigenvalue weighted by atomic mass is 10.0. The van der Waals surface area contributed by atoms with Gasteiger partial charge in [-0.25, -0.2) is 0 Å². The highest BCUT2D eigenvalue weighted by Crippen LogP contribution is 2.31. The van der Waals surface area contributed by atoms with Crippen molar-refractivity contribution in [3.63, 3.8) is 0 Å². The van der Waals surface area contributed by atoms with Crippen molar-refractivity contribution in [3.05, 3.63) is 52.4 Å². The predicted molar refractivity (Wildman–Crippen MR) is 87.7 cm³/mol. The number of hydrogen-bond donors (Lipinski definition) is 0. The van der Waals surface area contributed by atoms with Gasteiger partial charge >= 0.3 is 6.18 Å². The Labute approximate surface area is 137 Å². The van der Waals surface area contributed by atoms with Crippen molar-refractivity contribution in [2.24, 2.45) is 13.0 Å². The Kier molecular flexibility index (Phi) is 5.24. The second kappa shape index (κ2) is 6.83. The molecule has 0 spiro atoms. The zero-order valence-corrected chi connectivity index (χ0v) is 14.0. The number of benzene rings is 1. The molecule has 0 radical (unpaired) electrons. The van der Waals surface area contributed by atoms with Gasteiger partial charge in [-0.3, -0.25) is 4.79 Å². The average Bonchev–Trinajstić information content (AvgIpc) is 2.47. The molecule has 1 aromatic heterocycles. The van der Waals surface area contributed by atoms with Crippen LogP contribution in [-0.2, 0) is 13.2 Å². The van der Waals surface area contributed by atoms with Gasteiger partial charge in [-0.05, 0) is 23.6 Å². The maximum Gasteiger partial charge on any atom is 0.416 e. The van der Waals surface area contributed by atoms with Crippen LogP contribution in [0, 0.1) is 5.92 Å². The Bertz CT molecular complexity index is 750. The molecule has 23 heavy (non-hydrogen) atoms. The third kappa shape index (κ3) is 4.41. The van der Waals surface area contributed by atoms with Crippen molar-refractivity contribution in [1.29, 1.82) is 0 Å². The SMILES string of the molecule is CC(C)CSc1cn(C)cc(-c2cccc(C(F)(F)F)c2)c1=O. The van der Waals surface area contributed by atoms with E-state index in [2.05, 4.69) is 0 Å². The topological polar surface area (TPSA) is 22.0 Å².